The van der Waals surface area contributed by atoms with Gasteiger partial charge in [-0.05, 0) is 45.0 Å². The van der Waals surface area contributed by atoms with Crippen LogP contribution in [0.5, 0.6) is 0 Å². The Hall–Kier alpha value is -1.78. The molecule has 2 aromatic rings. The van der Waals surface area contributed by atoms with Crippen LogP contribution < -0.4 is 5.43 Å². The maximum atomic E-state index is 12.0. The Morgan fingerprint density at radius 3 is 2.59 bits per heavy atom. The highest BCUT2D eigenvalue weighted by molar-refractivity contribution is 6.42. The number of benzene rings is 1. The van der Waals surface area contributed by atoms with Gasteiger partial charge in [0.2, 0.25) is 0 Å². The van der Waals surface area contributed by atoms with E-state index in [1.807, 2.05) is 19.9 Å². The number of rotatable bonds is 4. The zero-order valence-corrected chi connectivity index (χ0v) is 14.2. The highest BCUT2D eigenvalue weighted by Crippen LogP contribution is 2.22. The highest BCUT2D eigenvalue weighted by Gasteiger charge is 2.08. The molecule has 1 N–H and O–H groups in total. The van der Waals surface area contributed by atoms with E-state index in [0.717, 1.165) is 23.5 Å². The van der Waals surface area contributed by atoms with Gasteiger partial charge in [-0.3, -0.25) is 4.79 Å². The predicted molar refractivity (Wildman–Crippen MR) is 91.1 cm³/mol. The SMILES string of the molecule is CCn1c(C)cc(/C=N\NC(=O)c2ccc(Cl)c(Cl)c2)c1C. The molecule has 0 fully saturated rings. The average Bonchev–Trinajstić information content (AvgIpc) is 2.75. The van der Waals surface area contributed by atoms with Crippen molar-refractivity contribution in [2.24, 2.45) is 5.10 Å². The molecule has 0 aliphatic carbocycles. The van der Waals surface area contributed by atoms with E-state index in [0.29, 0.717) is 15.6 Å². The van der Waals surface area contributed by atoms with E-state index in [9.17, 15) is 4.79 Å². The molecule has 6 heteroatoms. The van der Waals surface area contributed by atoms with Crippen molar-refractivity contribution in [2.75, 3.05) is 0 Å². The van der Waals surface area contributed by atoms with Crippen molar-refractivity contribution in [3.63, 3.8) is 0 Å². The fraction of sp³-hybridized carbons (Fsp3) is 0.250. The van der Waals surface area contributed by atoms with Crippen molar-refractivity contribution < 1.29 is 4.79 Å². The third-order valence-electron chi connectivity index (χ3n) is 3.48. The van der Waals surface area contributed by atoms with Crippen molar-refractivity contribution in [3.8, 4) is 0 Å². The standard InChI is InChI=1S/C16H17Cl2N3O/c1-4-21-10(2)7-13(11(21)3)9-19-20-16(22)12-5-6-14(17)15(18)8-12/h5-9H,4H2,1-3H3,(H,20,22)/b19-9-. The number of nitrogens with zero attached hydrogens (tertiary/aromatic N) is 2. The number of nitrogens with one attached hydrogen (secondary N) is 1. The second-order valence-corrected chi connectivity index (χ2v) is 5.71. The molecule has 0 bridgehead atoms. The Bertz CT molecular complexity index is 735. The Labute approximate surface area is 139 Å². The molecule has 0 aliphatic heterocycles. The Kier molecular flexibility index (Phi) is 5.27. The normalized spacial score (nSPS) is 11.1. The van der Waals surface area contributed by atoms with Crippen LogP contribution in [-0.2, 0) is 6.54 Å². The van der Waals surface area contributed by atoms with Crippen molar-refractivity contribution in [1.82, 2.24) is 9.99 Å². The van der Waals surface area contributed by atoms with Crippen molar-refractivity contribution in [2.45, 2.75) is 27.3 Å². The van der Waals surface area contributed by atoms with E-state index in [1.54, 1.807) is 18.3 Å². The maximum Gasteiger partial charge on any atom is 0.271 e. The number of carbonyl (C=O) groups excluding carboxylic acids is 1. The Morgan fingerprint density at radius 2 is 2.00 bits per heavy atom. The van der Waals surface area contributed by atoms with Crippen molar-refractivity contribution in [1.29, 1.82) is 0 Å². The van der Waals surface area contributed by atoms with Gasteiger partial charge in [0, 0.05) is 29.1 Å². The van der Waals surface area contributed by atoms with E-state index >= 15 is 0 Å². The van der Waals surface area contributed by atoms with Gasteiger partial charge in [0.1, 0.15) is 0 Å². The lowest BCUT2D eigenvalue weighted by Gasteiger charge is -2.04. The molecular weight excluding hydrogens is 321 g/mol. The second-order valence-electron chi connectivity index (χ2n) is 4.90. The first-order valence-corrected chi connectivity index (χ1v) is 7.64. The topological polar surface area (TPSA) is 46.4 Å². The van der Waals surface area contributed by atoms with E-state index in [4.69, 9.17) is 23.2 Å². The van der Waals surface area contributed by atoms with Gasteiger partial charge in [-0.1, -0.05) is 23.2 Å². The molecule has 0 atom stereocenters. The van der Waals surface area contributed by atoms with Gasteiger partial charge in [-0.2, -0.15) is 5.10 Å². The first kappa shape index (κ1) is 16.6. The summed E-state index contributed by atoms with van der Waals surface area (Å²) in [6.45, 7) is 7.06. The number of carbonyl (C=O) groups is 1. The number of amides is 1. The quantitative estimate of drug-likeness (QED) is 0.659. The van der Waals surface area contributed by atoms with Crippen LogP contribution in [0, 0.1) is 13.8 Å². The first-order chi connectivity index (χ1) is 10.4. The van der Waals surface area contributed by atoms with E-state index < -0.39 is 0 Å². The number of hydrogen-bond acceptors (Lipinski definition) is 2. The molecule has 0 aliphatic rings. The molecule has 1 heterocycles. The molecule has 0 saturated heterocycles. The van der Waals surface area contributed by atoms with Crippen LogP contribution in [0.3, 0.4) is 0 Å². The Morgan fingerprint density at radius 1 is 1.27 bits per heavy atom. The zero-order chi connectivity index (χ0) is 16.3. The summed E-state index contributed by atoms with van der Waals surface area (Å²) >= 11 is 11.7. The average molecular weight is 338 g/mol. The van der Waals surface area contributed by atoms with E-state index in [-0.39, 0.29) is 5.91 Å². The summed E-state index contributed by atoms with van der Waals surface area (Å²) in [5, 5.41) is 4.75. The van der Waals surface area contributed by atoms with Crippen LogP contribution in [0.4, 0.5) is 0 Å². The van der Waals surface area contributed by atoms with Gasteiger partial charge in [0.05, 0.1) is 16.3 Å². The van der Waals surface area contributed by atoms with Crippen LogP contribution in [-0.4, -0.2) is 16.7 Å². The summed E-state index contributed by atoms with van der Waals surface area (Å²) in [6.07, 6.45) is 1.64. The van der Waals surface area contributed by atoms with Crippen LogP contribution in [0.1, 0.15) is 34.2 Å². The molecule has 1 aromatic carbocycles. The Balaban J connectivity index is 2.09. The van der Waals surface area contributed by atoms with Crippen LogP contribution in [0.2, 0.25) is 10.0 Å². The smallest absolute Gasteiger partial charge is 0.271 e. The van der Waals surface area contributed by atoms with Gasteiger partial charge < -0.3 is 4.57 Å². The number of aryl methyl sites for hydroxylation is 1. The summed E-state index contributed by atoms with van der Waals surface area (Å²) < 4.78 is 2.18. The van der Waals surface area contributed by atoms with Crippen LogP contribution in [0.15, 0.2) is 29.4 Å². The zero-order valence-electron chi connectivity index (χ0n) is 12.7. The molecule has 2 rings (SSSR count). The lowest BCUT2D eigenvalue weighted by molar-refractivity contribution is 0.0955. The number of halogens is 2. The number of hydrogen-bond donors (Lipinski definition) is 1. The van der Waals surface area contributed by atoms with Crippen LogP contribution >= 0.6 is 23.2 Å². The number of hydrazone groups is 1. The molecular formula is C16H17Cl2N3O. The fourth-order valence-corrected chi connectivity index (χ4v) is 2.61. The summed E-state index contributed by atoms with van der Waals surface area (Å²) in [6, 6.07) is 6.73. The lowest BCUT2D eigenvalue weighted by Crippen LogP contribution is -2.17. The lowest BCUT2D eigenvalue weighted by atomic mass is 10.2. The maximum absolute atomic E-state index is 12.0. The molecule has 0 saturated carbocycles. The third-order valence-corrected chi connectivity index (χ3v) is 4.22. The first-order valence-electron chi connectivity index (χ1n) is 6.89. The molecule has 116 valence electrons. The summed E-state index contributed by atoms with van der Waals surface area (Å²) in [5.41, 5.74) is 6.16. The molecule has 0 radical (unpaired) electrons. The van der Waals surface area contributed by atoms with Crippen molar-refractivity contribution in [3.05, 3.63) is 56.8 Å². The minimum Gasteiger partial charge on any atom is -0.349 e. The van der Waals surface area contributed by atoms with Crippen molar-refractivity contribution >= 4 is 35.3 Å². The van der Waals surface area contributed by atoms with Gasteiger partial charge in [-0.15, -0.1) is 0 Å². The van der Waals surface area contributed by atoms with E-state index in [1.165, 1.54) is 6.07 Å². The van der Waals surface area contributed by atoms with Crippen LogP contribution in [0.25, 0.3) is 0 Å². The minimum absolute atomic E-state index is 0.334. The summed E-state index contributed by atoms with van der Waals surface area (Å²) in [7, 11) is 0. The fourth-order valence-electron chi connectivity index (χ4n) is 2.31. The largest absolute Gasteiger partial charge is 0.349 e. The predicted octanol–water partition coefficient (Wildman–Crippen LogP) is 4.20. The van der Waals surface area contributed by atoms with Gasteiger partial charge in [-0.25, -0.2) is 5.43 Å². The molecule has 0 unspecified atom stereocenters. The minimum atomic E-state index is -0.334. The van der Waals surface area contributed by atoms with Gasteiger partial charge >= 0.3 is 0 Å². The molecule has 4 nitrogen and oxygen atoms in total. The number of aromatic nitrogens is 1. The third kappa shape index (κ3) is 3.51. The molecule has 1 amide bonds. The second kappa shape index (κ2) is 6.99. The highest BCUT2D eigenvalue weighted by atomic mass is 35.5. The van der Waals surface area contributed by atoms with E-state index in [2.05, 4.69) is 22.0 Å². The molecule has 22 heavy (non-hydrogen) atoms. The molecule has 1 aromatic heterocycles. The van der Waals surface area contributed by atoms with Gasteiger partial charge in [0.15, 0.2) is 0 Å². The monoisotopic (exact) mass is 337 g/mol. The summed E-state index contributed by atoms with van der Waals surface area (Å²) in [4.78, 5) is 12.0. The van der Waals surface area contributed by atoms with Gasteiger partial charge in [0.25, 0.3) is 5.91 Å². The summed E-state index contributed by atoms with van der Waals surface area (Å²) in [5.74, 6) is -0.334. The molecule has 0 spiro atoms.